The highest BCUT2D eigenvalue weighted by atomic mass is 19.4. The van der Waals surface area contributed by atoms with E-state index in [1.165, 1.54) is 12.1 Å². The minimum absolute atomic E-state index is 0.0452. The molecule has 0 fully saturated rings. The van der Waals surface area contributed by atoms with Crippen LogP contribution in [0.15, 0.2) is 42.5 Å². The number of hydrogen-bond donors (Lipinski definition) is 1. The van der Waals surface area contributed by atoms with E-state index in [9.17, 15) is 26.3 Å². The Hall–Kier alpha value is -2.22. The molecule has 0 saturated heterocycles. The van der Waals surface area contributed by atoms with Gasteiger partial charge in [-0.15, -0.1) is 13.2 Å². The van der Waals surface area contributed by atoms with Gasteiger partial charge >= 0.3 is 12.5 Å². The van der Waals surface area contributed by atoms with Crippen LogP contribution in [0.4, 0.5) is 26.3 Å². The number of aliphatic hydroxyl groups is 1. The van der Waals surface area contributed by atoms with Crippen molar-refractivity contribution in [2.24, 2.45) is 0 Å². The van der Waals surface area contributed by atoms with Gasteiger partial charge in [0.2, 0.25) is 0 Å². The van der Waals surface area contributed by atoms with Crippen molar-refractivity contribution >= 4 is 0 Å². The molecule has 2 aromatic rings. The molecular formula is C15H10F6O2. The second-order valence-electron chi connectivity index (χ2n) is 4.61. The summed E-state index contributed by atoms with van der Waals surface area (Å²) in [6.07, 6.45) is -9.66. The Bertz CT molecular complexity index is 691. The second-order valence-corrected chi connectivity index (χ2v) is 4.61. The first-order chi connectivity index (χ1) is 10.6. The van der Waals surface area contributed by atoms with Crippen molar-refractivity contribution in [3.63, 3.8) is 0 Å². The molecule has 0 bridgehead atoms. The highest BCUT2D eigenvalue weighted by molar-refractivity contribution is 5.70. The molecular weight excluding hydrogens is 326 g/mol. The van der Waals surface area contributed by atoms with Gasteiger partial charge in [0, 0.05) is 0 Å². The molecule has 0 aliphatic heterocycles. The van der Waals surface area contributed by atoms with Gasteiger partial charge in [-0.05, 0) is 34.9 Å². The van der Waals surface area contributed by atoms with Crippen LogP contribution in [-0.4, -0.2) is 11.5 Å². The number of aliphatic hydroxyl groups excluding tert-OH is 1. The van der Waals surface area contributed by atoms with Crippen LogP contribution in [0, 0.1) is 0 Å². The van der Waals surface area contributed by atoms with Gasteiger partial charge in [-0.3, -0.25) is 0 Å². The zero-order valence-corrected chi connectivity index (χ0v) is 11.4. The largest absolute Gasteiger partial charge is 0.573 e. The van der Waals surface area contributed by atoms with Crippen LogP contribution >= 0.6 is 0 Å². The van der Waals surface area contributed by atoms with Crippen LogP contribution in [0.2, 0.25) is 0 Å². The summed E-state index contributed by atoms with van der Waals surface area (Å²) in [6.45, 7) is -0.583. The quantitative estimate of drug-likeness (QED) is 0.819. The van der Waals surface area contributed by atoms with E-state index >= 15 is 0 Å². The summed E-state index contributed by atoms with van der Waals surface area (Å²) in [5.41, 5.74) is -1.39. The van der Waals surface area contributed by atoms with Crippen molar-refractivity contribution in [2.45, 2.75) is 19.1 Å². The van der Waals surface area contributed by atoms with Crippen molar-refractivity contribution in [3.8, 4) is 16.9 Å². The van der Waals surface area contributed by atoms with Gasteiger partial charge in [0.25, 0.3) is 0 Å². The van der Waals surface area contributed by atoms with Crippen molar-refractivity contribution in [3.05, 3.63) is 53.6 Å². The molecule has 2 rings (SSSR count). The normalized spacial score (nSPS) is 12.3. The minimum atomic E-state index is -4.94. The molecule has 2 nitrogen and oxygen atoms in total. The summed E-state index contributed by atoms with van der Waals surface area (Å²) in [5.74, 6) is -0.616. The van der Waals surface area contributed by atoms with E-state index in [0.717, 1.165) is 30.3 Å². The predicted molar refractivity (Wildman–Crippen MR) is 69.5 cm³/mol. The molecule has 124 valence electrons. The Morgan fingerprint density at radius 3 is 2.17 bits per heavy atom. The molecule has 2 aromatic carbocycles. The lowest BCUT2D eigenvalue weighted by Crippen LogP contribution is -2.17. The average Bonchev–Trinajstić information content (AvgIpc) is 2.44. The first kappa shape index (κ1) is 17.1. The maximum absolute atomic E-state index is 13.1. The van der Waals surface area contributed by atoms with E-state index < -0.39 is 30.5 Å². The third kappa shape index (κ3) is 4.38. The first-order valence-electron chi connectivity index (χ1n) is 6.27. The molecule has 0 spiro atoms. The van der Waals surface area contributed by atoms with Crippen molar-refractivity contribution < 1.29 is 36.2 Å². The lowest BCUT2D eigenvalue weighted by molar-refractivity contribution is -0.274. The Balaban J connectivity index is 2.52. The average molecular weight is 336 g/mol. The van der Waals surface area contributed by atoms with Crippen LogP contribution in [0.5, 0.6) is 5.75 Å². The first-order valence-corrected chi connectivity index (χ1v) is 6.27. The molecule has 23 heavy (non-hydrogen) atoms. The highest BCUT2D eigenvalue weighted by Gasteiger charge is 2.34. The smallest absolute Gasteiger partial charge is 0.406 e. The molecule has 0 heterocycles. The minimum Gasteiger partial charge on any atom is -0.406 e. The van der Waals surface area contributed by atoms with Crippen molar-refractivity contribution in [2.75, 3.05) is 0 Å². The zero-order chi connectivity index (χ0) is 17.3. The maximum atomic E-state index is 13.1. The third-order valence-electron chi connectivity index (χ3n) is 2.95. The van der Waals surface area contributed by atoms with E-state index in [2.05, 4.69) is 4.74 Å². The lowest BCUT2D eigenvalue weighted by Gasteiger charge is -2.15. The van der Waals surface area contributed by atoms with Crippen LogP contribution in [-0.2, 0) is 12.8 Å². The van der Waals surface area contributed by atoms with Gasteiger partial charge in [0.1, 0.15) is 5.75 Å². The number of alkyl halides is 6. The van der Waals surface area contributed by atoms with Gasteiger partial charge in [-0.25, -0.2) is 0 Å². The topological polar surface area (TPSA) is 29.5 Å². The number of hydrogen-bond acceptors (Lipinski definition) is 2. The fourth-order valence-electron chi connectivity index (χ4n) is 2.04. The Kier molecular flexibility index (Phi) is 4.56. The predicted octanol–water partition coefficient (Wildman–Crippen LogP) is 4.76. The van der Waals surface area contributed by atoms with Crippen LogP contribution < -0.4 is 4.74 Å². The SMILES string of the molecule is OCc1ccc(-c2cccc(OC(F)(F)F)c2)c(C(F)(F)F)c1. The fourth-order valence-corrected chi connectivity index (χ4v) is 2.04. The molecule has 0 aliphatic rings. The van der Waals surface area contributed by atoms with Crippen LogP contribution in [0.3, 0.4) is 0 Å². The number of benzene rings is 2. The van der Waals surface area contributed by atoms with Crippen LogP contribution in [0.1, 0.15) is 11.1 Å². The van der Waals surface area contributed by atoms with E-state index in [4.69, 9.17) is 5.11 Å². The third-order valence-corrected chi connectivity index (χ3v) is 2.95. The monoisotopic (exact) mass is 336 g/mol. The van der Waals surface area contributed by atoms with Gasteiger partial charge < -0.3 is 9.84 Å². The maximum Gasteiger partial charge on any atom is 0.573 e. The summed E-state index contributed by atoms with van der Waals surface area (Å²) in [5, 5.41) is 8.95. The van der Waals surface area contributed by atoms with Gasteiger partial charge in [0.05, 0.1) is 12.2 Å². The number of rotatable bonds is 3. The molecule has 0 amide bonds. The molecule has 0 aromatic heterocycles. The molecule has 0 atom stereocenters. The van der Waals surface area contributed by atoms with Gasteiger partial charge in [-0.1, -0.05) is 24.3 Å². The van der Waals surface area contributed by atoms with Gasteiger partial charge in [0.15, 0.2) is 0 Å². The van der Waals surface area contributed by atoms with E-state index in [-0.39, 0.29) is 16.7 Å². The van der Waals surface area contributed by atoms with E-state index in [0.29, 0.717) is 0 Å². The number of ether oxygens (including phenoxy) is 1. The zero-order valence-electron chi connectivity index (χ0n) is 11.4. The summed E-state index contributed by atoms with van der Waals surface area (Å²) in [7, 11) is 0. The summed E-state index contributed by atoms with van der Waals surface area (Å²) < 4.78 is 79.7. The summed E-state index contributed by atoms with van der Waals surface area (Å²) >= 11 is 0. The molecule has 0 radical (unpaired) electrons. The molecule has 0 unspecified atom stereocenters. The summed E-state index contributed by atoms with van der Waals surface area (Å²) in [4.78, 5) is 0. The lowest BCUT2D eigenvalue weighted by atomic mass is 9.97. The van der Waals surface area contributed by atoms with Crippen LogP contribution in [0.25, 0.3) is 11.1 Å². The van der Waals surface area contributed by atoms with Crippen molar-refractivity contribution in [1.82, 2.24) is 0 Å². The van der Waals surface area contributed by atoms with Crippen molar-refractivity contribution in [1.29, 1.82) is 0 Å². The van der Waals surface area contributed by atoms with E-state index in [1.807, 2.05) is 0 Å². The van der Waals surface area contributed by atoms with E-state index in [1.54, 1.807) is 0 Å². The fraction of sp³-hybridized carbons (Fsp3) is 0.200. The summed E-state index contributed by atoms with van der Waals surface area (Å²) in [6, 6.07) is 7.39. The molecule has 1 N–H and O–H groups in total. The second kappa shape index (κ2) is 6.11. The Labute approximate surface area is 126 Å². The molecule has 8 heteroatoms. The molecule has 0 saturated carbocycles. The Morgan fingerprint density at radius 1 is 0.913 bits per heavy atom. The standard InChI is InChI=1S/C15H10F6O2/c16-14(17,18)13-6-9(8-22)4-5-12(13)10-2-1-3-11(7-10)23-15(19,20)21/h1-7,22H,8H2. The highest BCUT2D eigenvalue weighted by Crippen LogP contribution is 2.39. The molecule has 0 aliphatic carbocycles. The van der Waals surface area contributed by atoms with Gasteiger partial charge in [-0.2, -0.15) is 13.2 Å². The number of halogens is 6. The Morgan fingerprint density at radius 2 is 1.61 bits per heavy atom.